The van der Waals surface area contributed by atoms with E-state index in [9.17, 15) is 0 Å². The van der Waals surface area contributed by atoms with Crippen molar-refractivity contribution in [1.29, 1.82) is 0 Å². The molecular weight excluding hydrogens is 240 g/mol. The smallest absolute Gasteiger partial charge is 0.0587 e. The summed E-state index contributed by atoms with van der Waals surface area (Å²) in [5.74, 6) is 0. The summed E-state index contributed by atoms with van der Waals surface area (Å²) in [4.78, 5) is 0. The third kappa shape index (κ3) is 3.94. The van der Waals surface area contributed by atoms with E-state index >= 15 is 0 Å². The Morgan fingerprint density at radius 2 is 2.32 bits per heavy atom. The molecule has 0 aliphatic heterocycles. The van der Waals surface area contributed by atoms with E-state index < -0.39 is 0 Å². The molecule has 2 heterocycles. The lowest BCUT2D eigenvalue weighted by molar-refractivity contribution is 0.199. The molecular formula is C14H22N4O. The molecule has 0 unspecified atom stereocenters. The topological polar surface area (TPSA) is 44.0 Å². The van der Waals surface area contributed by atoms with Crippen molar-refractivity contribution in [1.82, 2.24) is 19.7 Å². The van der Waals surface area contributed by atoms with Gasteiger partial charge in [0, 0.05) is 50.4 Å². The minimum atomic E-state index is 0.740. The number of ether oxygens (including phenoxy) is 1. The van der Waals surface area contributed by atoms with Gasteiger partial charge >= 0.3 is 0 Å². The van der Waals surface area contributed by atoms with Crippen molar-refractivity contribution in [2.24, 2.45) is 0 Å². The Hall–Kier alpha value is -1.59. The summed E-state index contributed by atoms with van der Waals surface area (Å²) in [5.41, 5.74) is 2.51. The van der Waals surface area contributed by atoms with E-state index in [4.69, 9.17) is 4.74 Å². The van der Waals surface area contributed by atoms with Gasteiger partial charge in [-0.15, -0.1) is 0 Å². The number of nitrogens with one attached hydrogen (secondary N) is 1. The molecule has 0 saturated carbocycles. The lowest BCUT2D eigenvalue weighted by atomic mass is 10.3. The van der Waals surface area contributed by atoms with Crippen molar-refractivity contribution in [3.63, 3.8) is 0 Å². The van der Waals surface area contributed by atoms with E-state index in [2.05, 4.69) is 46.4 Å². The van der Waals surface area contributed by atoms with Gasteiger partial charge in [-0.25, -0.2) is 0 Å². The van der Waals surface area contributed by atoms with E-state index in [1.54, 1.807) is 7.11 Å². The summed E-state index contributed by atoms with van der Waals surface area (Å²) in [7, 11) is 1.72. The molecule has 19 heavy (non-hydrogen) atoms. The van der Waals surface area contributed by atoms with Gasteiger partial charge in [0.25, 0.3) is 0 Å². The van der Waals surface area contributed by atoms with Crippen molar-refractivity contribution in [3.05, 3.63) is 42.0 Å². The second-order valence-corrected chi connectivity index (χ2v) is 4.50. The van der Waals surface area contributed by atoms with Crippen molar-refractivity contribution in [2.45, 2.75) is 26.6 Å². The first-order chi connectivity index (χ1) is 9.33. The normalized spacial score (nSPS) is 11.1. The zero-order valence-electron chi connectivity index (χ0n) is 11.7. The van der Waals surface area contributed by atoms with Crippen LogP contribution in [0.3, 0.4) is 0 Å². The molecule has 2 aromatic rings. The average molecular weight is 262 g/mol. The van der Waals surface area contributed by atoms with Gasteiger partial charge in [0.05, 0.1) is 19.3 Å². The molecule has 2 aromatic heterocycles. The van der Waals surface area contributed by atoms with Gasteiger partial charge in [-0.05, 0) is 19.1 Å². The molecule has 0 radical (unpaired) electrons. The lowest BCUT2D eigenvalue weighted by Gasteiger charge is -2.09. The molecule has 5 nitrogen and oxygen atoms in total. The largest absolute Gasteiger partial charge is 0.383 e. The third-order valence-corrected chi connectivity index (χ3v) is 3.08. The van der Waals surface area contributed by atoms with Crippen LogP contribution in [0.15, 0.2) is 30.7 Å². The number of nitrogens with zero attached hydrogens (tertiary/aromatic N) is 3. The van der Waals surface area contributed by atoms with Crippen LogP contribution in [0.1, 0.15) is 18.2 Å². The van der Waals surface area contributed by atoms with Gasteiger partial charge in [0.15, 0.2) is 0 Å². The zero-order valence-corrected chi connectivity index (χ0v) is 11.7. The Morgan fingerprint density at radius 3 is 3.05 bits per heavy atom. The highest BCUT2D eigenvalue weighted by Crippen LogP contribution is 2.07. The first kappa shape index (κ1) is 13.8. The first-order valence-electron chi connectivity index (χ1n) is 6.68. The van der Waals surface area contributed by atoms with E-state index in [1.807, 2.05) is 10.9 Å². The van der Waals surface area contributed by atoms with E-state index in [-0.39, 0.29) is 0 Å². The summed E-state index contributed by atoms with van der Waals surface area (Å²) in [5, 5.41) is 7.67. The first-order valence-corrected chi connectivity index (χ1v) is 6.68. The molecule has 5 heteroatoms. The fourth-order valence-corrected chi connectivity index (χ4v) is 2.01. The SMILES string of the molecule is CCn1cc(Cn2cccc2CNCCOC)cn1. The Morgan fingerprint density at radius 1 is 1.42 bits per heavy atom. The van der Waals surface area contributed by atoms with Gasteiger partial charge in [-0.3, -0.25) is 4.68 Å². The van der Waals surface area contributed by atoms with Gasteiger partial charge in [-0.1, -0.05) is 0 Å². The Labute approximate surface area is 114 Å². The Balaban J connectivity index is 1.91. The highest BCUT2D eigenvalue weighted by molar-refractivity contribution is 5.12. The molecule has 0 aromatic carbocycles. The van der Waals surface area contributed by atoms with Crippen LogP contribution in [-0.2, 0) is 24.4 Å². The lowest BCUT2D eigenvalue weighted by Crippen LogP contribution is -2.20. The van der Waals surface area contributed by atoms with Crippen LogP contribution in [0.25, 0.3) is 0 Å². The third-order valence-electron chi connectivity index (χ3n) is 3.08. The molecule has 0 amide bonds. The number of hydrogen-bond donors (Lipinski definition) is 1. The maximum Gasteiger partial charge on any atom is 0.0587 e. The predicted molar refractivity (Wildman–Crippen MR) is 75.0 cm³/mol. The summed E-state index contributed by atoms with van der Waals surface area (Å²) in [6.07, 6.45) is 6.14. The highest BCUT2D eigenvalue weighted by Gasteiger charge is 2.03. The molecule has 0 spiro atoms. The van der Waals surface area contributed by atoms with E-state index in [0.29, 0.717) is 0 Å². The monoisotopic (exact) mass is 262 g/mol. The summed E-state index contributed by atoms with van der Waals surface area (Å²) in [6, 6.07) is 4.22. The molecule has 1 N–H and O–H groups in total. The van der Waals surface area contributed by atoms with Gasteiger partial charge in [0.1, 0.15) is 0 Å². The maximum atomic E-state index is 5.02. The average Bonchev–Trinajstić information content (AvgIpc) is 3.05. The van der Waals surface area contributed by atoms with Gasteiger partial charge < -0.3 is 14.6 Å². The fraction of sp³-hybridized carbons (Fsp3) is 0.500. The quantitative estimate of drug-likeness (QED) is 0.733. The zero-order chi connectivity index (χ0) is 13.5. The number of methoxy groups -OCH3 is 1. The molecule has 2 rings (SSSR count). The van der Waals surface area contributed by atoms with Crippen molar-refractivity contribution in [3.8, 4) is 0 Å². The van der Waals surface area contributed by atoms with Crippen LogP contribution in [0, 0.1) is 0 Å². The van der Waals surface area contributed by atoms with Crippen molar-refractivity contribution in [2.75, 3.05) is 20.3 Å². The number of rotatable bonds is 8. The molecule has 0 aliphatic carbocycles. The second kappa shape index (κ2) is 7.11. The summed E-state index contributed by atoms with van der Waals surface area (Å²) in [6.45, 7) is 6.35. The number of hydrogen-bond acceptors (Lipinski definition) is 3. The second-order valence-electron chi connectivity index (χ2n) is 4.50. The van der Waals surface area contributed by atoms with Crippen LogP contribution in [0.4, 0.5) is 0 Å². The van der Waals surface area contributed by atoms with Crippen LogP contribution < -0.4 is 5.32 Å². The maximum absolute atomic E-state index is 5.02. The van der Waals surface area contributed by atoms with Crippen LogP contribution in [0.5, 0.6) is 0 Å². The Kier molecular flexibility index (Phi) is 5.18. The van der Waals surface area contributed by atoms with E-state index in [0.717, 1.165) is 32.8 Å². The van der Waals surface area contributed by atoms with Crippen molar-refractivity contribution >= 4 is 0 Å². The minimum absolute atomic E-state index is 0.740. The van der Waals surface area contributed by atoms with Crippen LogP contribution in [0.2, 0.25) is 0 Å². The molecule has 0 atom stereocenters. The fourth-order valence-electron chi connectivity index (χ4n) is 2.01. The molecule has 104 valence electrons. The highest BCUT2D eigenvalue weighted by atomic mass is 16.5. The summed E-state index contributed by atoms with van der Waals surface area (Å²) >= 11 is 0. The summed E-state index contributed by atoms with van der Waals surface area (Å²) < 4.78 is 9.22. The van der Waals surface area contributed by atoms with Gasteiger partial charge in [0.2, 0.25) is 0 Å². The Bertz CT molecular complexity index is 489. The predicted octanol–water partition coefficient (Wildman–Crippen LogP) is 1.49. The molecule has 0 aliphatic rings. The van der Waals surface area contributed by atoms with Gasteiger partial charge in [-0.2, -0.15) is 5.10 Å². The standard InChI is InChI=1S/C14H22N4O/c1-3-18-12-13(9-16-18)11-17-7-4-5-14(17)10-15-6-8-19-2/h4-5,7,9,12,15H,3,6,8,10-11H2,1-2H3. The van der Waals surface area contributed by atoms with Crippen LogP contribution >= 0.6 is 0 Å². The number of aromatic nitrogens is 3. The number of aryl methyl sites for hydroxylation is 1. The minimum Gasteiger partial charge on any atom is -0.383 e. The van der Waals surface area contributed by atoms with Crippen molar-refractivity contribution < 1.29 is 4.74 Å². The molecule has 0 bridgehead atoms. The van der Waals surface area contributed by atoms with Crippen LogP contribution in [-0.4, -0.2) is 34.6 Å². The molecule has 0 fully saturated rings. The molecule has 0 saturated heterocycles. The van der Waals surface area contributed by atoms with E-state index in [1.165, 1.54) is 11.3 Å².